The second-order valence-electron chi connectivity index (χ2n) is 6.96. The topological polar surface area (TPSA) is 59.0 Å². The third kappa shape index (κ3) is 3.67. The third-order valence-electron chi connectivity index (χ3n) is 4.75. The van der Waals surface area contributed by atoms with Crippen molar-refractivity contribution in [3.05, 3.63) is 48.0 Å². The van der Waals surface area contributed by atoms with Crippen LogP contribution in [0.1, 0.15) is 38.1 Å². The molecule has 1 aliphatic rings. The summed E-state index contributed by atoms with van der Waals surface area (Å²) in [5.74, 6) is 2.06. The molecular formula is C19H26N4O. The van der Waals surface area contributed by atoms with Crippen LogP contribution in [0.3, 0.4) is 0 Å². The molecule has 2 aromatic rings. The van der Waals surface area contributed by atoms with Crippen molar-refractivity contribution >= 4 is 11.6 Å². The molecule has 1 atom stereocenters. The number of imidazole rings is 1. The monoisotopic (exact) mass is 326 g/mol. The first-order chi connectivity index (χ1) is 11.5. The number of nitrogens with zero attached hydrogens (tertiary/aromatic N) is 2. The molecule has 0 radical (unpaired) electrons. The van der Waals surface area contributed by atoms with Crippen LogP contribution in [0.15, 0.2) is 36.7 Å². The molecular weight excluding hydrogens is 300 g/mol. The lowest BCUT2D eigenvalue weighted by atomic mass is 9.88. The summed E-state index contributed by atoms with van der Waals surface area (Å²) in [5.41, 5.74) is 2.02. The van der Waals surface area contributed by atoms with Crippen molar-refractivity contribution in [2.75, 3.05) is 18.4 Å². The van der Waals surface area contributed by atoms with E-state index in [0.717, 1.165) is 36.7 Å². The average Bonchev–Trinajstić information content (AvgIpc) is 2.94. The van der Waals surface area contributed by atoms with Gasteiger partial charge in [-0.25, -0.2) is 4.98 Å². The highest BCUT2D eigenvalue weighted by atomic mass is 16.1. The second kappa shape index (κ2) is 7.18. The summed E-state index contributed by atoms with van der Waals surface area (Å²) < 4.78 is 2.16. The molecule has 1 amide bonds. The van der Waals surface area contributed by atoms with E-state index in [9.17, 15) is 4.79 Å². The maximum atomic E-state index is 12.4. The second-order valence-corrected chi connectivity index (χ2v) is 6.96. The van der Waals surface area contributed by atoms with Crippen LogP contribution in [-0.2, 0) is 11.3 Å². The van der Waals surface area contributed by atoms with E-state index < -0.39 is 0 Å². The summed E-state index contributed by atoms with van der Waals surface area (Å²) in [6.45, 7) is 8.93. The molecule has 0 bridgehead atoms. The van der Waals surface area contributed by atoms with Crippen molar-refractivity contribution < 1.29 is 4.79 Å². The predicted octanol–water partition coefficient (Wildman–Crippen LogP) is 2.85. The lowest BCUT2D eigenvalue weighted by molar-refractivity contribution is -0.121. The highest BCUT2D eigenvalue weighted by Crippen LogP contribution is 2.20. The van der Waals surface area contributed by atoms with Gasteiger partial charge in [0.2, 0.25) is 5.91 Å². The molecule has 1 saturated heterocycles. The van der Waals surface area contributed by atoms with Gasteiger partial charge < -0.3 is 15.2 Å². The Hall–Kier alpha value is -2.14. The molecule has 5 nitrogen and oxygen atoms in total. The number of rotatable bonds is 6. The smallest absolute Gasteiger partial charge is 0.227 e. The summed E-state index contributed by atoms with van der Waals surface area (Å²) in [6.07, 6.45) is 3.85. The van der Waals surface area contributed by atoms with Crippen molar-refractivity contribution in [3.8, 4) is 0 Å². The molecule has 1 fully saturated rings. The van der Waals surface area contributed by atoms with Crippen LogP contribution in [0.25, 0.3) is 0 Å². The Morgan fingerprint density at radius 3 is 2.83 bits per heavy atom. The number of nitrogens with one attached hydrogen (secondary N) is 2. The molecule has 1 aromatic heterocycles. The zero-order chi connectivity index (χ0) is 17.1. The van der Waals surface area contributed by atoms with Gasteiger partial charge in [0.25, 0.3) is 0 Å². The SMILES string of the molecule is CC(C)c1nccn1Cc1cccc(NC(=O)C(C)C2CNC2)c1. The molecule has 1 aliphatic heterocycles. The summed E-state index contributed by atoms with van der Waals surface area (Å²) in [4.78, 5) is 16.8. The number of hydrogen-bond donors (Lipinski definition) is 2. The molecule has 0 saturated carbocycles. The standard InChI is InChI=1S/C19H26N4O/c1-13(2)18-21-7-8-23(18)12-15-5-4-6-17(9-15)22-19(24)14(3)16-10-20-11-16/h4-9,13-14,16,20H,10-12H2,1-3H3,(H,22,24). The number of aromatic nitrogens is 2. The Bertz CT molecular complexity index is 703. The first kappa shape index (κ1) is 16.7. The number of amides is 1. The van der Waals surface area contributed by atoms with Crippen molar-refractivity contribution in [3.63, 3.8) is 0 Å². The Morgan fingerprint density at radius 1 is 1.38 bits per heavy atom. The summed E-state index contributed by atoms with van der Waals surface area (Å²) in [7, 11) is 0. The summed E-state index contributed by atoms with van der Waals surface area (Å²) in [5, 5.41) is 6.28. The van der Waals surface area contributed by atoms with Gasteiger partial charge in [0.1, 0.15) is 5.82 Å². The summed E-state index contributed by atoms with van der Waals surface area (Å²) in [6, 6.07) is 8.07. The predicted molar refractivity (Wildman–Crippen MR) is 96.0 cm³/mol. The minimum atomic E-state index is 0.0381. The molecule has 128 valence electrons. The molecule has 0 spiro atoms. The first-order valence-corrected chi connectivity index (χ1v) is 8.66. The van der Waals surface area contributed by atoms with E-state index in [1.807, 2.05) is 37.5 Å². The minimum Gasteiger partial charge on any atom is -0.330 e. The molecule has 2 N–H and O–H groups in total. The van der Waals surface area contributed by atoms with Crippen molar-refractivity contribution in [2.45, 2.75) is 33.2 Å². The van der Waals surface area contributed by atoms with Crippen molar-refractivity contribution in [1.29, 1.82) is 0 Å². The van der Waals surface area contributed by atoms with Gasteiger partial charge in [0, 0.05) is 36.5 Å². The largest absolute Gasteiger partial charge is 0.330 e. The number of carbonyl (C=O) groups excluding carboxylic acids is 1. The maximum Gasteiger partial charge on any atom is 0.227 e. The van der Waals surface area contributed by atoms with Crippen LogP contribution in [0, 0.1) is 11.8 Å². The molecule has 1 unspecified atom stereocenters. The zero-order valence-corrected chi connectivity index (χ0v) is 14.6. The van der Waals surface area contributed by atoms with Crippen LogP contribution in [0.4, 0.5) is 5.69 Å². The molecule has 0 aliphatic carbocycles. The Morgan fingerprint density at radius 2 is 2.17 bits per heavy atom. The van der Waals surface area contributed by atoms with E-state index in [0.29, 0.717) is 11.8 Å². The van der Waals surface area contributed by atoms with Crippen LogP contribution in [-0.4, -0.2) is 28.5 Å². The van der Waals surface area contributed by atoms with E-state index in [-0.39, 0.29) is 11.8 Å². The Labute approximate surface area is 143 Å². The summed E-state index contributed by atoms with van der Waals surface area (Å²) >= 11 is 0. The van der Waals surface area contributed by atoms with Gasteiger partial charge >= 0.3 is 0 Å². The fraction of sp³-hybridized carbons (Fsp3) is 0.474. The van der Waals surface area contributed by atoms with E-state index >= 15 is 0 Å². The highest BCUT2D eigenvalue weighted by molar-refractivity contribution is 5.92. The number of anilines is 1. The zero-order valence-electron chi connectivity index (χ0n) is 14.6. The van der Waals surface area contributed by atoms with Gasteiger partial charge in [-0.1, -0.05) is 32.9 Å². The van der Waals surface area contributed by atoms with E-state index in [4.69, 9.17) is 0 Å². The average molecular weight is 326 g/mol. The molecule has 2 heterocycles. The lowest BCUT2D eigenvalue weighted by Crippen LogP contribution is -2.48. The van der Waals surface area contributed by atoms with Crippen LogP contribution in [0.5, 0.6) is 0 Å². The quantitative estimate of drug-likeness (QED) is 0.858. The fourth-order valence-corrected chi connectivity index (χ4v) is 3.03. The van der Waals surface area contributed by atoms with Crippen LogP contribution in [0.2, 0.25) is 0 Å². The molecule has 3 rings (SSSR count). The molecule has 5 heteroatoms. The Kier molecular flexibility index (Phi) is 5.00. The van der Waals surface area contributed by atoms with E-state index in [1.54, 1.807) is 0 Å². The minimum absolute atomic E-state index is 0.0381. The third-order valence-corrected chi connectivity index (χ3v) is 4.75. The first-order valence-electron chi connectivity index (χ1n) is 8.66. The maximum absolute atomic E-state index is 12.4. The molecule has 24 heavy (non-hydrogen) atoms. The fourth-order valence-electron chi connectivity index (χ4n) is 3.03. The Balaban J connectivity index is 1.67. The lowest BCUT2D eigenvalue weighted by Gasteiger charge is -2.31. The van der Waals surface area contributed by atoms with Crippen LogP contribution < -0.4 is 10.6 Å². The molecule has 1 aromatic carbocycles. The van der Waals surface area contributed by atoms with E-state index in [2.05, 4.69) is 40.1 Å². The highest BCUT2D eigenvalue weighted by Gasteiger charge is 2.28. The van der Waals surface area contributed by atoms with Gasteiger partial charge in [-0.3, -0.25) is 4.79 Å². The van der Waals surface area contributed by atoms with E-state index in [1.165, 1.54) is 0 Å². The normalized spacial score (nSPS) is 16.0. The van der Waals surface area contributed by atoms with Crippen LogP contribution >= 0.6 is 0 Å². The van der Waals surface area contributed by atoms with Gasteiger partial charge in [0.15, 0.2) is 0 Å². The van der Waals surface area contributed by atoms with Gasteiger partial charge in [-0.05, 0) is 36.7 Å². The van der Waals surface area contributed by atoms with Crippen molar-refractivity contribution in [2.24, 2.45) is 11.8 Å². The van der Waals surface area contributed by atoms with Gasteiger partial charge in [0.05, 0.1) is 0 Å². The number of benzene rings is 1. The van der Waals surface area contributed by atoms with Gasteiger partial charge in [-0.15, -0.1) is 0 Å². The number of hydrogen-bond acceptors (Lipinski definition) is 3. The van der Waals surface area contributed by atoms with Gasteiger partial charge in [-0.2, -0.15) is 0 Å². The number of carbonyl (C=O) groups is 1. The van der Waals surface area contributed by atoms with Crippen molar-refractivity contribution in [1.82, 2.24) is 14.9 Å².